The SMILES string of the molecule is FC(F)(F)c1cc(-c2ccc3c(c2)c2cc(-c4cc(C(F)(F)F)cc(C(F)(F)F)c4)ccc2n3-c2ccc(-c3cccc4sc5ccccc5c34)cc2-c2nc(-c3ccccc3)nc(-c3ccccc3)n2)cc(C(F)(F)F)c1. The zero-order valence-corrected chi connectivity index (χ0v) is 40.5. The van der Waals surface area contributed by atoms with Crippen molar-refractivity contribution in [2.75, 3.05) is 0 Å². The fourth-order valence-electron chi connectivity index (χ4n) is 9.91. The van der Waals surface area contributed by atoms with Crippen molar-refractivity contribution >= 4 is 53.3 Å². The lowest BCUT2D eigenvalue weighted by Crippen LogP contribution is -2.11. The largest absolute Gasteiger partial charge is 0.416 e. The van der Waals surface area contributed by atoms with Gasteiger partial charge in [0.25, 0.3) is 0 Å². The van der Waals surface area contributed by atoms with Crippen LogP contribution in [0, 0.1) is 0 Å². The van der Waals surface area contributed by atoms with Crippen LogP contribution in [0.4, 0.5) is 52.7 Å². The van der Waals surface area contributed by atoms with Gasteiger partial charge in [0, 0.05) is 47.6 Å². The number of alkyl halides is 12. The van der Waals surface area contributed by atoms with E-state index >= 15 is 0 Å². The van der Waals surface area contributed by atoms with Crippen LogP contribution in [0.15, 0.2) is 194 Å². The number of thiophene rings is 1. The van der Waals surface area contributed by atoms with Crippen molar-refractivity contribution in [1.29, 1.82) is 0 Å². The Hall–Kier alpha value is -8.83. The molecule has 0 bridgehead atoms. The molecular weight excluding hydrogens is 1050 g/mol. The Morgan fingerprint density at radius 1 is 0.308 bits per heavy atom. The van der Waals surface area contributed by atoms with E-state index in [0.29, 0.717) is 69.3 Å². The summed E-state index contributed by atoms with van der Waals surface area (Å²) in [5.41, 5.74) is -3.13. The second-order valence-electron chi connectivity index (χ2n) is 18.4. The molecule has 0 saturated carbocycles. The number of aromatic nitrogens is 4. The van der Waals surface area contributed by atoms with E-state index in [2.05, 4.69) is 0 Å². The first kappa shape index (κ1) is 50.0. The molecule has 0 unspecified atom stereocenters. The second-order valence-corrected chi connectivity index (χ2v) is 19.5. The molecule has 17 heteroatoms. The van der Waals surface area contributed by atoms with E-state index in [-0.39, 0.29) is 39.9 Å². The number of benzene rings is 9. The van der Waals surface area contributed by atoms with Crippen molar-refractivity contribution in [3.05, 3.63) is 216 Å². The van der Waals surface area contributed by atoms with Crippen LogP contribution in [0.5, 0.6) is 0 Å². The molecule has 0 atom stereocenters. The monoisotopic (exact) mass is 1080 g/mol. The van der Waals surface area contributed by atoms with Gasteiger partial charge in [-0.2, -0.15) is 52.7 Å². The van der Waals surface area contributed by atoms with Gasteiger partial charge in [-0.15, -0.1) is 11.3 Å². The molecule has 12 rings (SSSR count). The molecule has 0 spiro atoms. The number of fused-ring (bicyclic) bond motifs is 6. The van der Waals surface area contributed by atoms with E-state index in [9.17, 15) is 52.7 Å². The number of rotatable bonds is 7. The lowest BCUT2D eigenvalue weighted by Gasteiger charge is -2.17. The predicted octanol–water partition coefficient (Wildman–Crippen LogP) is 19.4. The minimum absolute atomic E-state index is 0.00450. The van der Waals surface area contributed by atoms with Gasteiger partial charge in [-0.3, -0.25) is 0 Å². The Labute approximate surface area is 438 Å². The van der Waals surface area contributed by atoms with Gasteiger partial charge >= 0.3 is 24.7 Å². The summed E-state index contributed by atoms with van der Waals surface area (Å²) in [6.07, 6.45) is -20.8. The maximum Gasteiger partial charge on any atom is 0.416 e. The summed E-state index contributed by atoms with van der Waals surface area (Å²) in [5, 5.41) is 2.34. The Morgan fingerprint density at radius 2 is 0.744 bits per heavy atom. The summed E-state index contributed by atoms with van der Waals surface area (Å²) in [4.78, 5) is 15.1. The van der Waals surface area contributed by atoms with E-state index in [1.54, 1.807) is 22.0 Å². The van der Waals surface area contributed by atoms with Gasteiger partial charge in [-0.1, -0.05) is 109 Å². The zero-order valence-electron chi connectivity index (χ0n) is 39.7. The minimum atomic E-state index is -5.19. The molecule has 12 aromatic rings. The van der Waals surface area contributed by atoms with Gasteiger partial charge in [0.15, 0.2) is 17.5 Å². The Morgan fingerprint density at radius 3 is 1.23 bits per heavy atom. The number of halogens is 12. The summed E-state index contributed by atoms with van der Waals surface area (Å²) in [7, 11) is 0. The molecule has 0 radical (unpaired) electrons. The molecule has 78 heavy (non-hydrogen) atoms. The highest BCUT2D eigenvalue weighted by atomic mass is 32.1. The molecule has 0 aliphatic heterocycles. The van der Waals surface area contributed by atoms with Gasteiger partial charge < -0.3 is 4.57 Å². The van der Waals surface area contributed by atoms with Gasteiger partial charge in [0.05, 0.1) is 39.0 Å². The summed E-state index contributed by atoms with van der Waals surface area (Å²) < 4.78 is 175. The molecule has 3 heterocycles. The maximum absolute atomic E-state index is 14.3. The fraction of sp³-hybridized carbons (Fsp3) is 0.0656. The average Bonchev–Trinajstić information content (AvgIpc) is 4.16. The van der Waals surface area contributed by atoms with E-state index in [0.717, 1.165) is 31.3 Å². The Bertz CT molecular complexity index is 4070. The third kappa shape index (κ3) is 9.16. The van der Waals surface area contributed by atoms with Crippen molar-refractivity contribution in [1.82, 2.24) is 19.5 Å². The maximum atomic E-state index is 14.3. The van der Waals surface area contributed by atoms with Gasteiger partial charge in [0.1, 0.15) is 0 Å². The van der Waals surface area contributed by atoms with E-state index in [4.69, 9.17) is 15.0 Å². The number of nitrogens with zero attached hydrogens (tertiary/aromatic N) is 4. The van der Waals surface area contributed by atoms with Crippen LogP contribution in [-0.4, -0.2) is 19.5 Å². The lowest BCUT2D eigenvalue weighted by atomic mass is 9.96. The first-order chi connectivity index (χ1) is 37.2. The zero-order chi connectivity index (χ0) is 54.5. The third-order valence-corrected chi connectivity index (χ3v) is 14.6. The van der Waals surface area contributed by atoms with Crippen molar-refractivity contribution in [3.8, 4) is 73.2 Å². The molecule has 0 amide bonds. The standard InChI is InChI=1S/C61H32F12N4S/c62-58(63,64)40-24-38(25-41(31-40)59(65,66)67)35-18-21-49-46(28-35)47-29-36(39-26-42(60(68,69)70)32-43(27-39)61(71,72)73)19-22-50(47)77(49)51-23-20-37(44-15-9-17-53-54(44)45-14-7-8-16-52(45)78-53)30-48(51)57-75-55(33-10-3-1-4-11-33)74-56(76-57)34-12-5-2-6-13-34/h1-32H. The number of hydrogen-bond acceptors (Lipinski definition) is 4. The van der Waals surface area contributed by atoms with Crippen LogP contribution >= 0.6 is 11.3 Å². The summed E-state index contributed by atoms with van der Waals surface area (Å²) in [6.45, 7) is 0. The van der Waals surface area contributed by atoms with Crippen LogP contribution < -0.4 is 0 Å². The first-order valence-corrected chi connectivity index (χ1v) is 24.6. The first-order valence-electron chi connectivity index (χ1n) is 23.8. The Kier molecular flexibility index (Phi) is 11.8. The topological polar surface area (TPSA) is 43.6 Å². The highest BCUT2D eigenvalue weighted by molar-refractivity contribution is 7.25. The second kappa shape index (κ2) is 18.4. The average molecular weight is 1080 g/mol. The van der Waals surface area contributed by atoms with Crippen molar-refractivity contribution < 1.29 is 52.7 Å². The molecule has 4 nitrogen and oxygen atoms in total. The van der Waals surface area contributed by atoms with Gasteiger partial charge in [-0.25, -0.2) is 15.0 Å². The van der Waals surface area contributed by atoms with Crippen LogP contribution in [-0.2, 0) is 24.7 Å². The van der Waals surface area contributed by atoms with Crippen LogP contribution in [0.25, 0.3) is 115 Å². The van der Waals surface area contributed by atoms with Crippen molar-refractivity contribution in [2.45, 2.75) is 24.7 Å². The van der Waals surface area contributed by atoms with Gasteiger partial charge in [0.2, 0.25) is 0 Å². The summed E-state index contributed by atoms with van der Waals surface area (Å²) in [6, 6.07) is 48.5. The molecular formula is C61H32F12N4S. The van der Waals surface area contributed by atoms with E-state index < -0.39 is 58.1 Å². The van der Waals surface area contributed by atoms with E-state index in [1.165, 1.54) is 36.4 Å². The summed E-state index contributed by atoms with van der Waals surface area (Å²) >= 11 is 1.62. The van der Waals surface area contributed by atoms with Crippen LogP contribution in [0.3, 0.4) is 0 Å². The fourth-order valence-corrected chi connectivity index (χ4v) is 11.0. The Balaban J connectivity index is 1.17. The lowest BCUT2D eigenvalue weighted by molar-refractivity contribution is -0.144. The molecule has 9 aromatic carbocycles. The minimum Gasteiger partial charge on any atom is -0.308 e. The molecule has 0 saturated heterocycles. The highest BCUT2D eigenvalue weighted by Crippen LogP contribution is 2.46. The van der Waals surface area contributed by atoms with Gasteiger partial charge in [-0.05, 0) is 118 Å². The molecule has 0 aliphatic rings. The molecule has 3 aromatic heterocycles. The normalized spacial score (nSPS) is 12.6. The van der Waals surface area contributed by atoms with Crippen molar-refractivity contribution in [2.24, 2.45) is 0 Å². The summed E-state index contributed by atoms with van der Waals surface area (Å²) in [5.74, 6) is 0.783. The smallest absolute Gasteiger partial charge is 0.308 e. The van der Waals surface area contributed by atoms with E-state index in [1.807, 2.05) is 115 Å². The third-order valence-electron chi connectivity index (χ3n) is 13.5. The molecule has 0 fully saturated rings. The molecule has 0 aliphatic carbocycles. The van der Waals surface area contributed by atoms with Crippen molar-refractivity contribution in [3.63, 3.8) is 0 Å². The van der Waals surface area contributed by atoms with Crippen LogP contribution in [0.2, 0.25) is 0 Å². The van der Waals surface area contributed by atoms with Crippen LogP contribution in [0.1, 0.15) is 22.3 Å². The number of hydrogen-bond donors (Lipinski definition) is 0. The quantitative estimate of drug-likeness (QED) is 0.149. The molecule has 0 N–H and O–H groups in total. The predicted molar refractivity (Wildman–Crippen MR) is 280 cm³/mol. The highest BCUT2D eigenvalue weighted by Gasteiger charge is 2.39. The molecule has 386 valence electrons.